The summed E-state index contributed by atoms with van der Waals surface area (Å²) in [6.45, 7) is 2.33. The average Bonchev–Trinajstić information content (AvgIpc) is 3.33. The van der Waals surface area contributed by atoms with Crippen LogP contribution in [0.15, 0.2) is 66.2 Å². The number of ether oxygens (including phenoxy) is 2. The van der Waals surface area contributed by atoms with E-state index in [2.05, 4.69) is 39.8 Å². The van der Waals surface area contributed by atoms with Crippen LogP contribution in [0.5, 0.6) is 11.5 Å². The SMILES string of the molecule is CCc1nnc(NC(=O)C(C#N)=Cc2ccc(OCc3ccc4ccccc4c3)c(OC)c2)s1. The number of nitriles is 1. The summed E-state index contributed by atoms with van der Waals surface area (Å²) in [4.78, 5) is 12.5. The van der Waals surface area contributed by atoms with Gasteiger partial charge in [0.05, 0.1) is 7.11 Å². The molecular formula is C26H22N4O3S. The first-order valence-corrected chi connectivity index (χ1v) is 11.4. The van der Waals surface area contributed by atoms with Crippen molar-refractivity contribution in [2.45, 2.75) is 20.0 Å². The molecule has 0 aliphatic carbocycles. The lowest BCUT2D eigenvalue weighted by atomic mass is 10.1. The molecular weight excluding hydrogens is 448 g/mol. The molecule has 0 radical (unpaired) electrons. The number of aryl methyl sites for hydroxylation is 1. The predicted molar refractivity (Wildman–Crippen MR) is 133 cm³/mol. The highest BCUT2D eigenvalue weighted by atomic mass is 32.1. The molecule has 0 spiro atoms. The van der Waals surface area contributed by atoms with Crippen LogP contribution in [0.1, 0.15) is 23.1 Å². The average molecular weight is 471 g/mol. The quantitative estimate of drug-likeness (QED) is 0.274. The van der Waals surface area contributed by atoms with Crippen molar-refractivity contribution in [2.75, 3.05) is 12.4 Å². The monoisotopic (exact) mass is 470 g/mol. The maximum atomic E-state index is 12.5. The lowest BCUT2D eigenvalue weighted by molar-refractivity contribution is -0.112. The second-order valence-corrected chi connectivity index (χ2v) is 8.42. The van der Waals surface area contributed by atoms with Gasteiger partial charge in [0.25, 0.3) is 5.91 Å². The van der Waals surface area contributed by atoms with Crippen molar-refractivity contribution >= 4 is 39.2 Å². The summed E-state index contributed by atoms with van der Waals surface area (Å²) >= 11 is 1.28. The number of methoxy groups -OCH3 is 1. The van der Waals surface area contributed by atoms with Crippen LogP contribution in [0.3, 0.4) is 0 Å². The van der Waals surface area contributed by atoms with Gasteiger partial charge in [0.1, 0.15) is 23.3 Å². The number of nitrogens with zero attached hydrogens (tertiary/aromatic N) is 3. The molecule has 3 aromatic carbocycles. The van der Waals surface area contributed by atoms with E-state index in [-0.39, 0.29) is 5.57 Å². The first-order chi connectivity index (χ1) is 16.6. The van der Waals surface area contributed by atoms with Crippen molar-refractivity contribution < 1.29 is 14.3 Å². The number of fused-ring (bicyclic) bond motifs is 1. The fraction of sp³-hybridized carbons (Fsp3) is 0.154. The number of nitrogens with one attached hydrogen (secondary N) is 1. The van der Waals surface area contributed by atoms with Crippen LogP contribution in [0.25, 0.3) is 16.8 Å². The Bertz CT molecular complexity index is 1400. The Labute approximate surface area is 201 Å². The van der Waals surface area contributed by atoms with Crippen molar-refractivity contribution in [3.63, 3.8) is 0 Å². The van der Waals surface area contributed by atoms with E-state index in [1.165, 1.54) is 22.8 Å². The summed E-state index contributed by atoms with van der Waals surface area (Å²) in [6.07, 6.45) is 2.22. The second kappa shape index (κ2) is 10.6. The largest absolute Gasteiger partial charge is 0.493 e. The van der Waals surface area contributed by atoms with Crippen LogP contribution >= 0.6 is 11.3 Å². The number of benzene rings is 3. The highest BCUT2D eigenvalue weighted by molar-refractivity contribution is 7.15. The Morgan fingerprint density at radius 2 is 1.91 bits per heavy atom. The normalized spacial score (nSPS) is 11.1. The number of hydrogen-bond acceptors (Lipinski definition) is 7. The fourth-order valence-electron chi connectivity index (χ4n) is 3.31. The summed E-state index contributed by atoms with van der Waals surface area (Å²) in [5.74, 6) is 0.526. The van der Waals surface area contributed by atoms with E-state index in [1.54, 1.807) is 25.3 Å². The molecule has 8 heteroatoms. The van der Waals surface area contributed by atoms with Gasteiger partial charge in [-0.25, -0.2) is 0 Å². The number of carbonyl (C=O) groups excluding carboxylic acids is 1. The van der Waals surface area contributed by atoms with E-state index in [0.29, 0.717) is 28.8 Å². The molecule has 1 N–H and O–H groups in total. The maximum Gasteiger partial charge on any atom is 0.268 e. The van der Waals surface area contributed by atoms with Crippen LogP contribution in [0, 0.1) is 11.3 Å². The smallest absolute Gasteiger partial charge is 0.268 e. The molecule has 0 aliphatic rings. The van der Waals surface area contributed by atoms with Gasteiger partial charge < -0.3 is 9.47 Å². The summed E-state index contributed by atoms with van der Waals surface area (Å²) in [5, 5.41) is 23.5. The molecule has 0 unspecified atom stereocenters. The van der Waals surface area contributed by atoms with Crippen molar-refractivity contribution in [2.24, 2.45) is 0 Å². The first-order valence-electron chi connectivity index (χ1n) is 10.6. The maximum absolute atomic E-state index is 12.5. The molecule has 1 amide bonds. The summed E-state index contributed by atoms with van der Waals surface area (Å²) < 4.78 is 11.5. The van der Waals surface area contributed by atoms with Gasteiger partial charge in [-0.2, -0.15) is 5.26 Å². The third-order valence-electron chi connectivity index (χ3n) is 5.06. The van der Waals surface area contributed by atoms with Gasteiger partial charge in [0.2, 0.25) is 5.13 Å². The molecule has 7 nitrogen and oxygen atoms in total. The molecule has 0 fully saturated rings. The molecule has 4 aromatic rings. The van der Waals surface area contributed by atoms with E-state index >= 15 is 0 Å². The number of carbonyl (C=O) groups is 1. The minimum atomic E-state index is -0.545. The summed E-state index contributed by atoms with van der Waals surface area (Å²) in [6, 6.07) is 21.5. The van der Waals surface area contributed by atoms with Gasteiger partial charge in [-0.05, 0) is 52.6 Å². The van der Waals surface area contributed by atoms with Crippen LogP contribution in [0.2, 0.25) is 0 Å². The lowest BCUT2D eigenvalue weighted by Gasteiger charge is -2.12. The highest BCUT2D eigenvalue weighted by Gasteiger charge is 2.13. The zero-order chi connectivity index (χ0) is 23.9. The Kier molecular flexibility index (Phi) is 7.16. The van der Waals surface area contributed by atoms with Crippen LogP contribution in [0.4, 0.5) is 5.13 Å². The van der Waals surface area contributed by atoms with Crippen molar-refractivity contribution in [1.29, 1.82) is 5.26 Å². The molecule has 1 heterocycles. The van der Waals surface area contributed by atoms with Crippen LogP contribution in [-0.4, -0.2) is 23.2 Å². The molecule has 1 aromatic heterocycles. The number of anilines is 1. The zero-order valence-corrected chi connectivity index (χ0v) is 19.6. The van der Waals surface area contributed by atoms with Gasteiger partial charge in [-0.1, -0.05) is 60.7 Å². The summed E-state index contributed by atoms with van der Waals surface area (Å²) in [7, 11) is 1.55. The molecule has 34 heavy (non-hydrogen) atoms. The molecule has 0 aliphatic heterocycles. The number of aromatic nitrogens is 2. The minimum absolute atomic E-state index is 0.0554. The van der Waals surface area contributed by atoms with Crippen LogP contribution < -0.4 is 14.8 Å². The highest BCUT2D eigenvalue weighted by Crippen LogP contribution is 2.30. The van der Waals surface area contributed by atoms with E-state index in [4.69, 9.17) is 9.47 Å². The molecule has 4 rings (SSSR count). The first kappa shape index (κ1) is 23.0. The molecule has 0 bridgehead atoms. The Morgan fingerprint density at radius 3 is 2.65 bits per heavy atom. The van der Waals surface area contributed by atoms with E-state index in [1.807, 2.05) is 31.2 Å². The molecule has 170 valence electrons. The number of rotatable bonds is 8. The topological polar surface area (TPSA) is 97.1 Å². The second-order valence-electron chi connectivity index (χ2n) is 7.36. The summed E-state index contributed by atoms with van der Waals surface area (Å²) in [5.41, 5.74) is 1.62. The van der Waals surface area contributed by atoms with Gasteiger partial charge in [-0.15, -0.1) is 10.2 Å². The molecule has 0 saturated carbocycles. The predicted octanol–water partition coefficient (Wildman–Crippen LogP) is 5.39. The van der Waals surface area contributed by atoms with Gasteiger partial charge in [-0.3, -0.25) is 10.1 Å². The minimum Gasteiger partial charge on any atom is -0.493 e. The van der Waals surface area contributed by atoms with Crippen molar-refractivity contribution in [3.05, 3.63) is 82.4 Å². The van der Waals surface area contributed by atoms with E-state index < -0.39 is 5.91 Å². The third kappa shape index (κ3) is 5.39. The Balaban J connectivity index is 1.48. The van der Waals surface area contributed by atoms with Crippen LogP contribution in [-0.2, 0) is 17.8 Å². The van der Waals surface area contributed by atoms with Gasteiger partial charge in [0.15, 0.2) is 11.5 Å². The van der Waals surface area contributed by atoms with Crippen molar-refractivity contribution in [3.8, 4) is 17.6 Å². The van der Waals surface area contributed by atoms with E-state index in [0.717, 1.165) is 22.4 Å². The Hall–Kier alpha value is -4.22. The third-order valence-corrected chi connectivity index (χ3v) is 6.04. The number of hydrogen-bond donors (Lipinski definition) is 1. The Morgan fingerprint density at radius 1 is 1.09 bits per heavy atom. The molecule has 0 atom stereocenters. The van der Waals surface area contributed by atoms with Gasteiger partial charge in [0, 0.05) is 0 Å². The van der Waals surface area contributed by atoms with E-state index in [9.17, 15) is 10.1 Å². The standard InChI is InChI=1S/C26H22N4O3S/c1-3-24-29-30-26(34-24)28-25(31)21(15-27)12-17-9-11-22(23(14-17)32-2)33-16-18-8-10-19-6-4-5-7-20(19)13-18/h4-14H,3,16H2,1-2H3,(H,28,30,31). The van der Waals surface area contributed by atoms with Crippen molar-refractivity contribution in [1.82, 2.24) is 10.2 Å². The number of amides is 1. The van der Waals surface area contributed by atoms with Gasteiger partial charge >= 0.3 is 0 Å². The lowest BCUT2D eigenvalue weighted by Crippen LogP contribution is -2.13. The molecule has 0 saturated heterocycles. The fourth-order valence-corrected chi connectivity index (χ4v) is 3.98. The zero-order valence-electron chi connectivity index (χ0n) is 18.7.